The molecule has 2 aliphatic rings. The highest BCUT2D eigenvalue weighted by molar-refractivity contribution is 7.89. The number of imide groups is 1. The van der Waals surface area contributed by atoms with E-state index in [4.69, 9.17) is 11.6 Å². The Balaban J connectivity index is 1.75. The minimum Gasteiger partial charge on any atom is -0.323 e. The molecule has 0 aromatic heterocycles. The minimum atomic E-state index is -3.72. The predicted molar refractivity (Wildman–Crippen MR) is 102 cm³/mol. The molecule has 152 valence electrons. The highest BCUT2D eigenvalue weighted by atomic mass is 35.5. The fourth-order valence-corrected chi connectivity index (χ4v) is 4.19. The second kappa shape index (κ2) is 7.02. The first-order valence-electron chi connectivity index (χ1n) is 8.63. The van der Waals surface area contributed by atoms with Gasteiger partial charge < -0.3 is 10.6 Å². The molecule has 1 aromatic carbocycles. The Kier molecular flexibility index (Phi) is 5.15. The molecular weight excluding hydrogens is 408 g/mol. The van der Waals surface area contributed by atoms with Crippen molar-refractivity contribution in [3.8, 4) is 0 Å². The Hall–Kier alpha value is -2.17. The molecule has 1 aliphatic carbocycles. The van der Waals surface area contributed by atoms with Gasteiger partial charge in [-0.05, 0) is 43.9 Å². The molecule has 4 amide bonds. The number of nitrogens with one attached hydrogen (secondary N) is 2. The van der Waals surface area contributed by atoms with E-state index in [-0.39, 0.29) is 21.5 Å². The molecule has 2 N–H and O–H groups in total. The summed E-state index contributed by atoms with van der Waals surface area (Å²) in [6.45, 7) is 1.17. The maximum atomic E-state index is 12.6. The van der Waals surface area contributed by atoms with Gasteiger partial charge in [-0.2, -0.15) is 0 Å². The minimum absolute atomic E-state index is 0.0477. The van der Waals surface area contributed by atoms with Gasteiger partial charge in [0, 0.05) is 14.1 Å². The summed E-state index contributed by atoms with van der Waals surface area (Å²) in [5.74, 6) is -1.02. The van der Waals surface area contributed by atoms with Gasteiger partial charge in [-0.3, -0.25) is 14.5 Å². The van der Waals surface area contributed by atoms with Crippen molar-refractivity contribution >= 4 is 45.2 Å². The lowest BCUT2D eigenvalue weighted by Gasteiger charge is -2.20. The number of urea groups is 1. The molecular formula is C17H21ClN4O5S. The van der Waals surface area contributed by atoms with Gasteiger partial charge in [-0.1, -0.05) is 11.6 Å². The molecule has 1 atom stereocenters. The van der Waals surface area contributed by atoms with Crippen LogP contribution < -0.4 is 10.6 Å². The van der Waals surface area contributed by atoms with Gasteiger partial charge in [-0.25, -0.2) is 17.5 Å². The number of halogens is 1. The standard InChI is InChI=1S/C17H21ClN4O5S/c1-17(10-4-5-10)15(24)22(16(25)20-17)9-14(23)19-13-8-11(6-7-12(13)18)28(26,27)21(2)3/h6-8,10H,4-5,9H2,1-3H3,(H,19,23)(H,20,25)/t17-/m0/s1. The molecule has 2 fully saturated rings. The zero-order valence-corrected chi connectivity index (χ0v) is 17.2. The molecule has 1 saturated carbocycles. The van der Waals surface area contributed by atoms with Crippen LogP contribution in [-0.2, 0) is 19.6 Å². The van der Waals surface area contributed by atoms with Crippen molar-refractivity contribution in [2.45, 2.75) is 30.2 Å². The van der Waals surface area contributed by atoms with Crippen molar-refractivity contribution < 1.29 is 22.8 Å². The maximum Gasteiger partial charge on any atom is 0.325 e. The van der Waals surface area contributed by atoms with Crippen molar-refractivity contribution in [3.63, 3.8) is 0 Å². The van der Waals surface area contributed by atoms with Crippen LogP contribution in [0.25, 0.3) is 0 Å². The third kappa shape index (κ3) is 3.59. The van der Waals surface area contributed by atoms with Crippen LogP contribution in [0.4, 0.5) is 10.5 Å². The largest absolute Gasteiger partial charge is 0.325 e. The van der Waals surface area contributed by atoms with E-state index >= 15 is 0 Å². The third-order valence-electron chi connectivity index (χ3n) is 4.99. The normalized spacial score (nSPS) is 22.5. The highest BCUT2D eigenvalue weighted by Gasteiger charge is 2.56. The number of rotatable bonds is 6. The van der Waals surface area contributed by atoms with E-state index in [0.717, 1.165) is 22.0 Å². The topological polar surface area (TPSA) is 116 Å². The lowest BCUT2D eigenvalue weighted by molar-refractivity contribution is -0.134. The Bertz CT molecular complexity index is 960. The van der Waals surface area contributed by atoms with E-state index in [1.54, 1.807) is 6.92 Å². The summed E-state index contributed by atoms with van der Waals surface area (Å²) >= 11 is 6.06. The highest BCUT2D eigenvalue weighted by Crippen LogP contribution is 2.42. The summed E-state index contributed by atoms with van der Waals surface area (Å²) < 4.78 is 25.5. The molecule has 1 aliphatic heterocycles. The number of carbonyl (C=O) groups excluding carboxylic acids is 3. The van der Waals surface area contributed by atoms with Crippen LogP contribution in [0.5, 0.6) is 0 Å². The Labute approximate surface area is 168 Å². The van der Waals surface area contributed by atoms with E-state index < -0.39 is 40.0 Å². The third-order valence-corrected chi connectivity index (χ3v) is 7.13. The predicted octanol–water partition coefficient (Wildman–Crippen LogP) is 1.25. The Morgan fingerprint density at radius 2 is 2.00 bits per heavy atom. The van der Waals surface area contributed by atoms with Crippen molar-refractivity contribution in [2.24, 2.45) is 5.92 Å². The molecule has 9 nitrogen and oxygen atoms in total. The number of hydrogen-bond donors (Lipinski definition) is 2. The molecule has 0 unspecified atom stereocenters. The smallest absolute Gasteiger partial charge is 0.323 e. The summed E-state index contributed by atoms with van der Waals surface area (Å²) in [5.41, 5.74) is -0.902. The zero-order valence-electron chi connectivity index (χ0n) is 15.7. The maximum absolute atomic E-state index is 12.6. The van der Waals surface area contributed by atoms with Gasteiger partial charge in [0.1, 0.15) is 12.1 Å². The molecule has 0 bridgehead atoms. The number of nitrogens with zero attached hydrogens (tertiary/aromatic N) is 2. The van der Waals surface area contributed by atoms with Crippen LogP contribution in [0.3, 0.4) is 0 Å². The number of carbonyl (C=O) groups is 3. The lowest BCUT2D eigenvalue weighted by Crippen LogP contribution is -2.46. The summed E-state index contributed by atoms with van der Waals surface area (Å²) in [7, 11) is -0.944. The molecule has 1 saturated heterocycles. The average Bonchev–Trinajstić information content (AvgIpc) is 3.43. The van der Waals surface area contributed by atoms with E-state index in [0.29, 0.717) is 0 Å². The molecule has 11 heteroatoms. The SMILES string of the molecule is CN(C)S(=O)(=O)c1ccc(Cl)c(NC(=O)CN2C(=O)N[C@@](C)(C3CC3)C2=O)c1. The summed E-state index contributed by atoms with van der Waals surface area (Å²) in [5, 5.41) is 5.27. The van der Waals surface area contributed by atoms with Crippen LogP contribution in [-0.4, -0.2) is 61.6 Å². The first-order valence-corrected chi connectivity index (χ1v) is 10.4. The van der Waals surface area contributed by atoms with Gasteiger partial charge in [0.2, 0.25) is 15.9 Å². The van der Waals surface area contributed by atoms with Crippen LogP contribution >= 0.6 is 11.6 Å². The summed E-state index contributed by atoms with van der Waals surface area (Å²) in [4.78, 5) is 38.0. The van der Waals surface area contributed by atoms with Crippen molar-refractivity contribution in [1.82, 2.24) is 14.5 Å². The van der Waals surface area contributed by atoms with E-state index in [2.05, 4.69) is 10.6 Å². The molecule has 1 aromatic rings. The Morgan fingerprint density at radius 1 is 1.36 bits per heavy atom. The number of benzene rings is 1. The number of hydrogen-bond acceptors (Lipinski definition) is 5. The van der Waals surface area contributed by atoms with Crippen LogP contribution in [0.1, 0.15) is 19.8 Å². The van der Waals surface area contributed by atoms with Gasteiger partial charge in [0.05, 0.1) is 15.6 Å². The molecule has 1 heterocycles. The quantitative estimate of drug-likeness (QED) is 0.661. The van der Waals surface area contributed by atoms with Crippen molar-refractivity contribution in [3.05, 3.63) is 23.2 Å². The monoisotopic (exact) mass is 428 g/mol. The first kappa shape index (κ1) is 20.6. The van der Waals surface area contributed by atoms with Gasteiger partial charge in [0.25, 0.3) is 5.91 Å². The second-order valence-corrected chi connectivity index (χ2v) is 9.83. The van der Waals surface area contributed by atoms with Gasteiger partial charge in [0.15, 0.2) is 0 Å². The van der Waals surface area contributed by atoms with E-state index in [9.17, 15) is 22.8 Å². The molecule has 0 spiro atoms. The van der Waals surface area contributed by atoms with Crippen LogP contribution in [0.2, 0.25) is 5.02 Å². The summed E-state index contributed by atoms with van der Waals surface area (Å²) in [6, 6.07) is 3.29. The molecule has 28 heavy (non-hydrogen) atoms. The molecule has 3 rings (SSSR count). The van der Waals surface area contributed by atoms with Gasteiger partial charge >= 0.3 is 6.03 Å². The Morgan fingerprint density at radius 3 is 2.57 bits per heavy atom. The van der Waals surface area contributed by atoms with Crippen LogP contribution in [0, 0.1) is 5.92 Å². The average molecular weight is 429 g/mol. The van der Waals surface area contributed by atoms with E-state index in [1.807, 2.05) is 0 Å². The zero-order chi connectivity index (χ0) is 20.9. The van der Waals surface area contributed by atoms with Gasteiger partial charge in [-0.15, -0.1) is 0 Å². The number of sulfonamides is 1. The molecule has 0 radical (unpaired) electrons. The van der Waals surface area contributed by atoms with Crippen molar-refractivity contribution in [2.75, 3.05) is 26.0 Å². The number of amides is 4. The second-order valence-electron chi connectivity index (χ2n) is 7.28. The van der Waals surface area contributed by atoms with Crippen molar-refractivity contribution in [1.29, 1.82) is 0 Å². The lowest BCUT2D eigenvalue weighted by atomic mass is 9.96. The number of anilines is 1. The summed E-state index contributed by atoms with van der Waals surface area (Å²) in [6.07, 6.45) is 1.70. The fraction of sp³-hybridized carbons (Fsp3) is 0.471. The van der Waals surface area contributed by atoms with Crippen LogP contribution in [0.15, 0.2) is 23.1 Å². The van der Waals surface area contributed by atoms with E-state index in [1.165, 1.54) is 32.3 Å². The fourth-order valence-electron chi connectivity index (χ4n) is 3.10. The first-order chi connectivity index (χ1) is 13.0.